The van der Waals surface area contributed by atoms with E-state index in [9.17, 15) is 9.59 Å². The Hall–Kier alpha value is -2.97. The van der Waals surface area contributed by atoms with Gasteiger partial charge in [-0.25, -0.2) is 14.6 Å². The van der Waals surface area contributed by atoms with Gasteiger partial charge in [-0.3, -0.25) is 9.59 Å². The van der Waals surface area contributed by atoms with Crippen LogP contribution < -0.4 is 10.2 Å². The largest absolute Gasteiger partial charge is 0.342 e. The average molecular weight is 412 g/mol. The number of aryl methyl sites for hydroxylation is 2. The van der Waals surface area contributed by atoms with Crippen molar-refractivity contribution in [1.29, 1.82) is 0 Å². The van der Waals surface area contributed by atoms with E-state index in [0.29, 0.717) is 43.7 Å². The topological polar surface area (TPSA) is 96.2 Å². The van der Waals surface area contributed by atoms with E-state index in [1.165, 1.54) is 0 Å². The molecule has 2 aliphatic heterocycles. The van der Waals surface area contributed by atoms with Gasteiger partial charge < -0.3 is 15.1 Å². The molecular weight excluding hydrogens is 382 g/mol. The lowest BCUT2D eigenvalue weighted by molar-refractivity contribution is -0.133. The van der Waals surface area contributed by atoms with Crippen LogP contribution in [0.2, 0.25) is 0 Å². The monoisotopic (exact) mass is 411 g/mol. The van der Waals surface area contributed by atoms with Crippen LogP contribution in [0.15, 0.2) is 18.3 Å². The van der Waals surface area contributed by atoms with Crippen LogP contribution in [-0.2, 0) is 4.79 Å². The molecule has 2 aromatic heterocycles. The molecule has 1 atom stereocenters. The van der Waals surface area contributed by atoms with Gasteiger partial charge >= 0.3 is 0 Å². The quantitative estimate of drug-likeness (QED) is 0.825. The van der Waals surface area contributed by atoms with E-state index in [0.717, 1.165) is 18.2 Å². The Morgan fingerprint density at radius 3 is 2.67 bits per heavy atom. The maximum absolute atomic E-state index is 12.9. The molecule has 160 valence electrons. The van der Waals surface area contributed by atoms with E-state index in [1.807, 2.05) is 30.4 Å². The van der Waals surface area contributed by atoms with Crippen LogP contribution in [0.25, 0.3) is 0 Å². The highest BCUT2D eigenvalue weighted by Gasteiger charge is 2.46. The molecule has 0 bridgehead atoms. The number of hydrogen-bond acceptors (Lipinski definition) is 6. The second-order valence-corrected chi connectivity index (χ2v) is 8.19. The van der Waals surface area contributed by atoms with Gasteiger partial charge in [-0.1, -0.05) is 0 Å². The molecule has 0 saturated carbocycles. The van der Waals surface area contributed by atoms with E-state index < -0.39 is 5.66 Å². The second kappa shape index (κ2) is 7.70. The highest BCUT2D eigenvalue weighted by atomic mass is 16.2. The third-order valence-corrected chi connectivity index (χ3v) is 6.20. The van der Waals surface area contributed by atoms with Crippen molar-refractivity contribution in [1.82, 2.24) is 30.0 Å². The molecule has 4 heterocycles. The minimum Gasteiger partial charge on any atom is -0.342 e. The van der Waals surface area contributed by atoms with Crippen LogP contribution in [-0.4, -0.2) is 61.8 Å². The van der Waals surface area contributed by atoms with Crippen LogP contribution in [0.4, 0.5) is 5.82 Å². The fourth-order valence-corrected chi connectivity index (χ4v) is 4.73. The molecule has 2 aliphatic rings. The molecular formula is C21H29N7O2. The molecule has 4 rings (SSSR count). The molecule has 1 fully saturated rings. The standard InChI is InChI=1S/C21H29N7O2/c1-5-27-19-17(7-6-10-22-19)20(30)24-21(27)8-11-26(12-9-21)18(29)13-14(2)28-16(4)23-15(3)25-28/h6-7,10,14H,5,8-9,11-13H2,1-4H3,(H,24,30)/t14-/m1/s1. The fraction of sp³-hybridized carbons (Fsp3) is 0.571. The molecule has 0 unspecified atom stereocenters. The Balaban J connectivity index is 1.45. The minimum atomic E-state index is -0.491. The molecule has 2 aromatic rings. The summed E-state index contributed by atoms with van der Waals surface area (Å²) in [4.78, 5) is 38.5. The molecule has 1 N–H and O–H groups in total. The van der Waals surface area contributed by atoms with Crippen molar-refractivity contribution in [2.45, 2.75) is 58.7 Å². The Kier molecular flexibility index (Phi) is 5.21. The maximum atomic E-state index is 12.9. The van der Waals surface area contributed by atoms with E-state index >= 15 is 0 Å². The molecule has 9 heteroatoms. The first kappa shape index (κ1) is 20.3. The molecule has 30 heavy (non-hydrogen) atoms. The first-order valence-electron chi connectivity index (χ1n) is 10.6. The van der Waals surface area contributed by atoms with Crippen molar-refractivity contribution in [3.05, 3.63) is 35.5 Å². The van der Waals surface area contributed by atoms with Crippen molar-refractivity contribution in [2.24, 2.45) is 0 Å². The van der Waals surface area contributed by atoms with Gasteiger partial charge in [0.15, 0.2) is 0 Å². The normalized spacial score (nSPS) is 18.9. The number of nitrogens with one attached hydrogen (secondary N) is 1. The number of carbonyl (C=O) groups excluding carboxylic acids is 2. The summed E-state index contributed by atoms with van der Waals surface area (Å²) in [5.74, 6) is 2.28. The maximum Gasteiger partial charge on any atom is 0.256 e. The van der Waals surface area contributed by atoms with Gasteiger partial charge in [-0.2, -0.15) is 5.10 Å². The Morgan fingerprint density at radius 1 is 1.30 bits per heavy atom. The average Bonchev–Trinajstić information content (AvgIpc) is 3.07. The lowest BCUT2D eigenvalue weighted by Gasteiger charge is -2.51. The van der Waals surface area contributed by atoms with Crippen molar-refractivity contribution in [3.63, 3.8) is 0 Å². The van der Waals surface area contributed by atoms with Crippen molar-refractivity contribution < 1.29 is 9.59 Å². The molecule has 0 aromatic carbocycles. The zero-order valence-electron chi connectivity index (χ0n) is 18.1. The summed E-state index contributed by atoms with van der Waals surface area (Å²) in [5, 5.41) is 7.61. The lowest BCUT2D eigenvalue weighted by Crippen LogP contribution is -2.68. The highest BCUT2D eigenvalue weighted by molar-refractivity contribution is 6.01. The Bertz CT molecular complexity index is 962. The zero-order chi connectivity index (χ0) is 21.5. The number of amides is 2. The van der Waals surface area contributed by atoms with E-state index in [-0.39, 0.29) is 17.9 Å². The predicted octanol–water partition coefficient (Wildman–Crippen LogP) is 1.83. The van der Waals surface area contributed by atoms with Gasteiger partial charge in [0.25, 0.3) is 5.91 Å². The highest BCUT2D eigenvalue weighted by Crippen LogP contribution is 2.36. The predicted molar refractivity (Wildman–Crippen MR) is 112 cm³/mol. The number of hydrogen-bond donors (Lipinski definition) is 1. The Morgan fingerprint density at radius 2 is 2.03 bits per heavy atom. The number of nitrogens with zero attached hydrogens (tertiary/aromatic N) is 6. The molecule has 2 amide bonds. The Labute approximate surface area is 176 Å². The molecule has 0 radical (unpaired) electrons. The lowest BCUT2D eigenvalue weighted by atomic mass is 9.91. The third-order valence-electron chi connectivity index (χ3n) is 6.20. The van der Waals surface area contributed by atoms with Crippen LogP contribution in [0.1, 0.15) is 61.2 Å². The van der Waals surface area contributed by atoms with Crippen LogP contribution in [0, 0.1) is 13.8 Å². The van der Waals surface area contributed by atoms with Crippen molar-refractivity contribution in [3.8, 4) is 0 Å². The smallest absolute Gasteiger partial charge is 0.256 e. The zero-order valence-corrected chi connectivity index (χ0v) is 18.1. The summed E-state index contributed by atoms with van der Waals surface area (Å²) in [6.07, 6.45) is 3.45. The van der Waals surface area contributed by atoms with Gasteiger partial charge in [0.1, 0.15) is 23.1 Å². The number of fused-ring (bicyclic) bond motifs is 1. The van der Waals surface area contributed by atoms with Gasteiger partial charge in [-0.15, -0.1) is 0 Å². The number of carbonyl (C=O) groups is 2. The summed E-state index contributed by atoms with van der Waals surface area (Å²) < 4.78 is 1.82. The summed E-state index contributed by atoms with van der Waals surface area (Å²) in [7, 11) is 0. The number of anilines is 1. The molecule has 9 nitrogen and oxygen atoms in total. The van der Waals surface area contributed by atoms with E-state index in [4.69, 9.17) is 0 Å². The molecule has 0 aliphatic carbocycles. The van der Waals surface area contributed by atoms with Crippen molar-refractivity contribution >= 4 is 17.6 Å². The number of aromatic nitrogens is 4. The first-order valence-corrected chi connectivity index (χ1v) is 10.6. The van der Waals surface area contributed by atoms with Gasteiger partial charge in [0.2, 0.25) is 5.91 Å². The number of rotatable bonds is 4. The summed E-state index contributed by atoms with van der Waals surface area (Å²) in [5.41, 5.74) is 0.116. The molecule has 1 spiro atoms. The SMILES string of the molecule is CCN1c2ncccc2C(=O)NC12CCN(C(=O)C[C@@H](C)n1nc(C)nc1C)CC2. The van der Waals surface area contributed by atoms with Gasteiger partial charge in [-0.05, 0) is 39.8 Å². The second-order valence-electron chi connectivity index (χ2n) is 8.19. The summed E-state index contributed by atoms with van der Waals surface area (Å²) in [6, 6.07) is 3.54. The third kappa shape index (κ3) is 3.42. The van der Waals surface area contributed by atoms with Crippen LogP contribution in [0.3, 0.4) is 0 Å². The van der Waals surface area contributed by atoms with Gasteiger partial charge in [0.05, 0.1) is 11.6 Å². The first-order chi connectivity index (χ1) is 14.3. The van der Waals surface area contributed by atoms with E-state index in [2.05, 4.69) is 32.2 Å². The van der Waals surface area contributed by atoms with Crippen molar-refractivity contribution in [2.75, 3.05) is 24.5 Å². The van der Waals surface area contributed by atoms with Crippen LogP contribution >= 0.6 is 0 Å². The summed E-state index contributed by atoms with van der Waals surface area (Å²) in [6.45, 7) is 9.75. The van der Waals surface area contributed by atoms with Crippen LogP contribution in [0.5, 0.6) is 0 Å². The van der Waals surface area contributed by atoms with E-state index in [1.54, 1.807) is 18.3 Å². The minimum absolute atomic E-state index is 0.0489. The number of pyridine rings is 1. The fourth-order valence-electron chi connectivity index (χ4n) is 4.73. The number of likely N-dealkylation sites (tertiary alicyclic amines) is 1. The number of piperidine rings is 1. The molecule has 1 saturated heterocycles. The summed E-state index contributed by atoms with van der Waals surface area (Å²) >= 11 is 0. The van der Waals surface area contributed by atoms with Gasteiger partial charge in [0, 0.05) is 45.1 Å².